The van der Waals surface area contributed by atoms with Crippen LogP contribution in [0, 0.1) is 11.1 Å². The number of piperidine rings is 3. The van der Waals surface area contributed by atoms with Gasteiger partial charge in [0.1, 0.15) is 22.3 Å². The molecule has 3 saturated heterocycles. The summed E-state index contributed by atoms with van der Waals surface area (Å²) in [5.74, 6) is 0.717. The SMILES string of the molecule is COc1ccc([C@H](Cc2c(Cl)c[n+]([O-])cc2Cl)OC(=O)c2ccc(CN(C(=O)O[C@H]3CN4CCC3CC4)c3cccc4cc[nH]c34)cc2)cc1OC. The molecule has 1 N–H and O–H groups in total. The van der Waals surface area contributed by atoms with Gasteiger partial charge in [-0.25, -0.2) is 9.59 Å². The predicted molar refractivity (Wildman–Crippen MR) is 197 cm³/mol. The van der Waals surface area contributed by atoms with Gasteiger partial charge < -0.3 is 29.1 Å². The number of methoxy groups -OCH3 is 2. The van der Waals surface area contributed by atoms with Gasteiger partial charge in [-0.05, 0) is 79.4 Å². The van der Waals surface area contributed by atoms with Crippen LogP contribution in [-0.4, -0.2) is 61.9 Å². The van der Waals surface area contributed by atoms with Gasteiger partial charge in [0.2, 0.25) is 0 Å². The normalized spacial score (nSPS) is 18.5. The third-order valence-corrected chi connectivity index (χ3v) is 10.6. The van der Waals surface area contributed by atoms with Crippen molar-refractivity contribution in [3.05, 3.63) is 123 Å². The molecule has 2 bridgehead atoms. The first-order valence-corrected chi connectivity index (χ1v) is 17.8. The molecule has 3 fully saturated rings. The van der Waals surface area contributed by atoms with E-state index in [1.165, 1.54) is 26.6 Å². The standard InChI is InChI=1S/C39H38Cl2N4O7/c1-49-33-11-10-28(18-35(33)50-2)34(19-29-30(40)21-44(48)22-31(29)41)51-38(46)27-8-6-24(7-9-27)20-45(32-5-3-4-26-12-15-42-37(26)32)39(47)52-36-23-43-16-13-25(36)14-17-43/h3-12,15,18,21-22,25,34,36,42H,13-14,16-17,19-20,23H2,1-2H3/t34-,36-/m0/s1. The third-order valence-electron chi connectivity index (χ3n) is 9.93. The summed E-state index contributed by atoms with van der Waals surface area (Å²) in [6.45, 7) is 3.05. The number of carbonyl (C=O) groups is 2. The summed E-state index contributed by atoms with van der Waals surface area (Å²) in [6.07, 6.45) is 4.95. The Morgan fingerprint density at radius 3 is 2.38 bits per heavy atom. The maximum absolute atomic E-state index is 13.9. The minimum Gasteiger partial charge on any atom is -0.619 e. The maximum Gasteiger partial charge on any atom is 0.414 e. The van der Waals surface area contributed by atoms with Crippen molar-refractivity contribution in [2.75, 3.05) is 38.8 Å². The van der Waals surface area contributed by atoms with Crippen molar-refractivity contribution in [1.29, 1.82) is 0 Å². The summed E-state index contributed by atoms with van der Waals surface area (Å²) >= 11 is 12.8. The van der Waals surface area contributed by atoms with Crippen LogP contribution in [0.2, 0.25) is 10.0 Å². The molecule has 0 unspecified atom stereocenters. The molecule has 0 radical (unpaired) electrons. The van der Waals surface area contributed by atoms with E-state index in [1.807, 2.05) is 30.5 Å². The number of nitrogens with zero attached hydrogens (tertiary/aromatic N) is 3. The highest BCUT2D eigenvalue weighted by atomic mass is 35.5. The zero-order valence-corrected chi connectivity index (χ0v) is 30.2. The lowest BCUT2D eigenvalue weighted by molar-refractivity contribution is -0.605. The van der Waals surface area contributed by atoms with Crippen LogP contribution in [0.25, 0.3) is 10.9 Å². The Morgan fingerprint density at radius 1 is 0.981 bits per heavy atom. The molecule has 270 valence electrons. The van der Waals surface area contributed by atoms with Crippen molar-refractivity contribution < 1.29 is 33.3 Å². The minimum absolute atomic E-state index is 0.0821. The van der Waals surface area contributed by atoms with Gasteiger partial charge in [0.05, 0.1) is 37.5 Å². The monoisotopic (exact) mass is 744 g/mol. The zero-order valence-electron chi connectivity index (χ0n) is 28.7. The van der Waals surface area contributed by atoms with Gasteiger partial charge in [-0.1, -0.05) is 53.5 Å². The molecule has 52 heavy (non-hydrogen) atoms. The van der Waals surface area contributed by atoms with Gasteiger partial charge in [-0.15, -0.1) is 0 Å². The number of hydrogen-bond donors (Lipinski definition) is 1. The van der Waals surface area contributed by atoms with Crippen LogP contribution in [0.4, 0.5) is 10.5 Å². The smallest absolute Gasteiger partial charge is 0.414 e. The van der Waals surface area contributed by atoms with Crippen LogP contribution in [0.3, 0.4) is 0 Å². The van der Waals surface area contributed by atoms with Crippen molar-refractivity contribution in [2.24, 2.45) is 5.92 Å². The maximum atomic E-state index is 13.9. The number of H-pyrrole nitrogens is 1. The molecule has 2 atom stereocenters. The Labute approximate surface area is 311 Å². The molecule has 2 aromatic heterocycles. The molecule has 0 spiro atoms. The fourth-order valence-corrected chi connectivity index (χ4v) is 7.70. The summed E-state index contributed by atoms with van der Waals surface area (Å²) in [7, 11) is 3.04. The zero-order chi connectivity index (χ0) is 36.4. The summed E-state index contributed by atoms with van der Waals surface area (Å²) < 4.78 is 23.7. The quantitative estimate of drug-likeness (QED) is 0.0839. The number of anilines is 1. The lowest BCUT2D eigenvalue weighted by Gasteiger charge is -2.44. The number of carbonyl (C=O) groups excluding carboxylic acids is 2. The predicted octanol–water partition coefficient (Wildman–Crippen LogP) is 7.50. The van der Waals surface area contributed by atoms with Crippen molar-refractivity contribution in [1.82, 2.24) is 9.88 Å². The molecule has 11 nitrogen and oxygen atoms in total. The Kier molecular flexibility index (Phi) is 10.4. The highest BCUT2D eigenvalue weighted by Crippen LogP contribution is 2.36. The second-order valence-electron chi connectivity index (χ2n) is 13.1. The summed E-state index contributed by atoms with van der Waals surface area (Å²) in [4.78, 5) is 34.9. The molecule has 3 aliphatic rings. The molecular weight excluding hydrogens is 707 g/mol. The molecule has 1 amide bonds. The average molecular weight is 746 g/mol. The van der Waals surface area contributed by atoms with Crippen LogP contribution in [0.1, 0.15) is 46.0 Å². The number of benzene rings is 3. The number of rotatable bonds is 11. The molecule has 5 heterocycles. The summed E-state index contributed by atoms with van der Waals surface area (Å²) in [6, 6.07) is 19.9. The number of amides is 1. The van der Waals surface area contributed by atoms with Crippen LogP contribution in [0.15, 0.2) is 85.3 Å². The number of halogens is 2. The van der Waals surface area contributed by atoms with E-state index in [-0.39, 0.29) is 29.1 Å². The number of pyridine rings is 1. The number of hydrogen-bond acceptors (Lipinski definition) is 8. The van der Waals surface area contributed by atoms with Crippen LogP contribution >= 0.6 is 23.2 Å². The average Bonchev–Trinajstić information content (AvgIpc) is 3.65. The topological polar surface area (TPSA) is 120 Å². The highest BCUT2D eigenvalue weighted by Gasteiger charge is 2.37. The molecule has 13 heteroatoms. The van der Waals surface area contributed by atoms with Gasteiger partial charge in [0.25, 0.3) is 0 Å². The van der Waals surface area contributed by atoms with E-state index in [4.69, 9.17) is 42.1 Å². The second kappa shape index (κ2) is 15.3. The Balaban J connectivity index is 1.13. The van der Waals surface area contributed by atoms with Crippen LogP contribution in [0.5, 0.6) is 11.5 Å². The highest BCUT2D eigenvalue weighted by molar-refractivity contribution is 6.35. The number of fused-ring (bicyclic) bond motifs is 4. The molecule has 8 rings (SSSR count). The van der Waals surface area contributed by atoms with Gasteiger partial charge >= 0.3 is 12.1 Å². The van der Waals surface area contributed by atoms with Crippen molar-refractivity contribution in [3.63, 3.8) is 0 Å². The molecule has 0 saturated carbocycles. The summed E-state index contributed by atoms with van der Waals surface area (Å²) in [5, 5.41) is 13.2. The lowest BCUT2D eigenvalue weighted by atomic mass is 9.86. The Hall–Kier alpha value is -4.97. The fourth-order valence-electron chi connectivity index (χ4n) is 7.10. The van der Waals surface area contributed by atoms with E-state index in [0.29, 0.717) is 44.5 Å². The Bertz CT molecular complexity index is 2060. The second-order valence-corrected chi connectivity index (χ2v) is 13.9. The lowest BCUT2D eigenvalue weighted by Crippen LogP contribution is -2.53. The van der Waals surface area contributed by atoms with Crippen LogP contribution in [-0.2, 0) is 22.4 Å². The van der Waals surface area contributed by atoms with Gasteiger partial charge in [0.15, 0.2) is 23.9 Å². The van der Waals surface area contributed by atoms with E-state index < -0.39 is 18.2 Å². The number of aromatic amines is 1. The first-order chi connectivity index (χ1) is 25.2. The molecule has 3 aliphatic heterocycles. The van der Waals surface area contributed by atoms with Crippen molar-refractivity contribution in [3.8, 4) is 11.5 Å². The van der Waals surface area contributed by atoms with Gasteiger partial charge in [-0.2, -0.15) is 4.73 Å². The van der Waals surface area contributed by atoms with Crippen molar-refractivity contribution in [2.45, 2.75) is 38.0 Å². The molecule has 5 aromatic rings. The fraction of sp³-hybridized carbons (Fsp3) is 0.308. The van der Waals surface area contributed by atoms with E-state index in [0.717, 1.165) is 48.9 Å². The number of ether oxygens (including phenoxy) is 4. The molecule has 0 aliphatic carbocycles. The van der Waals surface area contributed by atoms with Gasteiger partial charge in [0, 0.05) is 30.1 Å². The van der Waals surface area contributed by atoms with Gasteiger partial charge in [-0.3, -0.25) is 9.80 Å². The summed E-state index contributed by atoms with van der Waals surface area (Å²) in [5.41, 5.74) is 3.67. The largest absolute Gasteiger partial charge is 0.619 e. The third kappa shape index (κ3) is 7.48. The minimum atomic E-state index is -0.859. The number of nitrogens with one attached hydrogen (secondary N) is 1. The number of esters is 1. The van der Waals surface area contributed by atoms with E-state index in [9.17, 15) is 14.8 Å². The van der Waals surface area contributed by atoms with E-state index in [1.54, 1.807) is 47.4 Å². The Morgan fingerprint density at radius 2 is 1.71 bits per heavy atom. The number of aromatic nitrogens is 2. The molecular formula is C39H38Cl2N4O7. The van der Waals surface area contributed by atoms with E-state index >= 15 is 0 Å². The molecule has 3 aromatic carbocycles. The van der Waals surface area contributed by atoms with E-state index in [2.05, 4.69) is 9.88 Å². The number of para-hydroxylation sites is 1. The van der Waals surface area contributed by atoms with Crippen molar-refractivity contribution >= 4 is 51.9 Å². The first kappa shape index (κ1) is 35.4. The first-order valence-electron chi connectivity index (χ1n) is 17.1. The van der Waals surface area contributed by atoms with Crippen LogP contribution < -0.4 is 19.1 Å².